The van der Waals surface area contributed by atoms with E-state index in [2.05, 4.69) is 16.8 Å². The van der Waals surface area contributed by atoms with E-state index in [1.165, 1.54) is 0 Å². The molecule has 0 fully saturated rings. The minimum absolute atomic E-state index is 0.745. The van der Waals surface area contributed by atoms with Crippen LogP contribution in [-0.2, 0) is 4.43 Å². The molecule has 1 aliphatic rings. The third kappa shape index (κ3) is 4.53. The average Bonchev–Trinajstić information content (AvgIpc) is 2.71. The van der Waals surface area contributed by atoms with Crippen molar-refractivity contribution >= 4 is 25.0 Å². The predicted octanol–water partition coefficient (Wildman–Crippen LogP) is 2.46. The lowest BCUT2D eigenvalue weighted by Crippen LogP contribution is -2.32. The Kier molecular flexibility index (Phi) is 5.64. The summed E-state index contributed by atoms with van der Waals surface area (Å²) >= 11 is 6.47. The molecule has 0 amide bonds. The van der Waals surface area contributed by atoms with E-state index < -0.39 is 7.63 Å². The molecule has 1 aliphatic heterocycles. The second-order valence-corrected chi connectivity index (χ2v) is 9.16. The lowest BCUT2D eigenvalue weighted by molar-refractivity contribution is 0.332. The molecule has 0 radical (unpaired) electrons. The first kappa shape index (κ1) is 13.0. The monoisotopic (exact) mass is 248 g/mol. The Morgan fingerprint density at radius 1 is 1.53 bits per heavy atom. The van der Waals surface area contributed by atoms with Crippen molar-refractivity contribution in [2.75, 3.05) is 26.2 Å². The summed E-state index contributed by atoms with van der Waals surface area (Å²) in [5.74, 6) is 0. The molecule has 0 bridgehead atoms. The fourth-order valence-corrected chi connectivity index (χ4v) is 4.38. The minimum Gasteiger partial charge on any atom is -0.403 e. The highest BCUT2D eigenvalue weighted by Gasteiger charge is 2.29. The summed E-state index contributed by atoms with van der Waals surface area (Å²) in [5.41, 5.74) is 0. The zero-order valence-corrected chi connectivity index (χ0v) is 11.5. The highest BCUT2D eigenvalue weighted by molar-refractivity contribution is 7.16. The minimum atomic E-state index is -1.89. The third-order valence-corrected chi connectivity index (χ3v) is 7.35. The van der Waals surface area contributed by atoms with Gasteiger partial charge in [-0.15, -0.1) is 11.1 Å². The van der Waals surface area contributed by atoms with Crippen LogP contribution >= 0.6 is 11.1 Å². The zero-order chi connectivity index (χ0) is 11.1. The molecule has 0 N–H and O–H groups in total. The van der Waals surface area contributed by atoms with Gasteiger partial charge in [0.2, 0.25) is 0 Å². The maximum atomic E-state index is 6.47. The SMILES string of the molecule is CCO[Si](Cl)(CC)CCCN1C=NCC1. The van der Waals surface area contributed by atoms with E-state index in [4.69, 9.17) is 15.5 Å². The molecular weight excluding hydrogens is 228 g/mol. The largest absolute Gasteiger partial charge is 0.403 e. The molecule has 88 valence electrons. The Labute approximate surface area is 98.3 Å². The van der Waals surface area contributed by atoms with Crippen LogP contribution in [0.1, 0.15) is 20.3 Å². The van der Waals surface area contributed by atoms with Gasteiger partial charge >= 0.3 is 0 Å². The topological polar surface area (TPSA) is 24.8 Å². The summed E-state index contributed by atoms with van der Waals surface area (Å²) < 4.78 is 5.70. The van der Waals surface area contributed by atoms with E-state index >= 15 is 0 Å². The quantitative estimate of drug-likeness (QED) is 0.511. The van der Waals surface area contributed by atoms with Crippen molar-refractivity contribution in [3.63, 3.8) is 0 Å². The fourth-order valence-electron chi connectivity index (χ4n) is 1.74. The Morgan fingerprint density at radius 3 is 2.87 bits per heavy atom. The maximum absolute atomic E-state index is 6.47. The average molecular weight is 249 g/mol. The molecule has 0 saturated heterocycles. The maximum Gasteiger partial charge on any atom is 0.289 e. The van der Waals surface area contributed by atoms with Gasteiger partial charge in [-0.05, 0) is 25.4 Å². The molecule has 1 atom stereocenters. The van der Waals surface area contributed by atoms with E-state index in [1.54, 1.807) is 0 Å². The molecule has 0 spiro atoms. The molecule has 0 aromatic carbocycles. The van der Waals surface area contributed by atoms with Gasteiger partial charge in [0.25, 0.3) is 7.63 Å². The molecule has 0 aromatic heterocycles. The third-order valence-electron chi connectivity index (χ3n) is 2.69. The second kappa shape index (κ2) is 6.50. The Balaban J connectivity index is 2.18. The van der Waals surface area contributed by atoms with Crippen LogP contribution in [-0.4, -0.2) is 45.1 Å². The van der Waals surface area contributed by atoms with Crippen molar-refractivity contribution in [3.8, 4) is 0 Å². The smallest absolute Gasteiger partial charge is 0.289 e. The summed E-state index contributed by atoms with van der Waals surface area (Å²) in [4.78, 5) is 6.44. The molecule has 15 heavy (non-hydrogen) atoms. The number of rotatable bonds is 7. The normalized spacial score (nSPS) is 19.5. The summed E-state index contributed by atoms with van der Waals surface area (Å²) in [6.45, 7) is 7.98. The van der Waals surface area contributed by atoms with E-state index in [0.29, 0.717) is 0 Å². The van der Waals surface area contributed by atoms with Gasteiger partial charge in [0, 0.05) is 19.7 Å². The van der Waals surface area contributed by atoms with Crippen molar-refractivity contribution in [2.45, 2.75) is 32.4 Å². The lowest BCUT2D eigenvalue weighted by Gasteiger charge is -2.23. The lowest BCUT2D eigenvalue weighted by atomic mass is 10.4. The van der Waals surface area contributed by atoms with Crippen LogP contribution in [0.5, 0.6) is 0 Å². The molecule has 5 heteroatoms. The Hall–Kier alpha value is -0.0631. The Morgan fingerprint density at radius 2 is 2.33 bits per heavy atom. The van der Waals surface area contributed by atoms with Crippen molar-refractivity contribution < 1.29 is 4.43 Å². The van der Waals surface area contributed by atoms with Crippen LogP contribution < -0.4 is 0 Å². The van der Waals surface area contributed by atoms with Crippen LogP contribution in [0.25, 0.3) is 0 Å². The van der Waals surface area contributed by atoms with Gasteiger partial charge in [-0.3, -0.25) is 4.99 Å². The first-order chi connectivity index (χ1) is 7.20. The van der Waals surface area contributed by atoms with Gasteiger partial charge in [0.05, 0.1) is 12.9 Å². The van der Waals surface area contributed by atoms with Crippen LogP contribution in [0.3, 0.4) is 0 Å². The molecule has 1 heterocycles. The van der Waals surface area contributed by atoms with Gasteiger partial charge < -0.3 is 9.33 Å². The first-order valence-electron chi connectivity index (χ1n) is 5.77. The van der Waals surface area contributed by atoms with Crippen molar-refractivity contribution in [1.82, 2.24) is 4.90 Å². The van der Waals surface area contributed by atoms with Crippen LogP contribution in [0, 0.1) is 0 Å². The van der Waals surface area contributed by atoms with Crippen LogP contribution in [0.4, 0.5) is 0 Å². The number of aliphatic imine (C=N–C) groups is 1. The van der Waals surface area contributed by atoms with Crippen molar-refractivity contribution in [1.29, 1.82) is 0 Å². The number of halogens is 1. The van der Waals surface area contributed by atoms with Crippen molar-refractivity contribution in [3.05, 3.63) is 0 Å². The fraction of sp³-hybridized carbons (Fsp3) is 0.900. The second-order valence-electron chi connectivity index (χ2n) is 3.83. The molecule has 1 unspecified atom stereocenters. The van der Waals surface area contributed by atoms with Gasteiger partial charge in [0.1, 0.15) is 0 Å². The molecule has 0 saturated carbocycles. The standard InChI is InChI=1S/C10H21ClN2OSi/c1-3-14-15(11,4-2)9-5-7-13-8-6-12-10-13/h10H,3-9H2,1-2H3. The summed E-state index contributed by atoms with van der Waals surface area (Å²) in [6.07, 6.45) is 3.07. The molecule has 0 aliphatic carbocycles. The van der Waals surface area contributed by atoms with Gasteiger partial charge in [-0.1, -0.05) is 6.92 Å². The molecule has 1 rings (SSSR count). The van der Waals surface area contributed by atoms with E-state index in [-0.39, 0.29) is 0 Å². The summed E-state index contributed by atoms with van der Waals surface area (Å²) in [7, 11) is -1.89. The zero-order valence-electron chi connectivity index (χ0n) is 9.71. The van der Waals surface area contributed by atoms with Gasteiger partial charge in [-0.25, -0.2) is 0 Å². The van der Waals surface area contributed by atoms with E-state index in [0.717, 1.165) is 44.8 Å². The van der Waals surface area contributed by atoms with Gasteiger partial charge in [-0.2, -0.15) is 0 Å². The first-order valence-corrected chi connectivity index (χ1v) is 9.10. The number of nitrogens with zero attached hydrogens (tertiary/aromatic N) is 2. The van der Waals surface area contributed by atoms with E-state index in [1.807, 2.05) is 13.3 Å². The van der Waals surface area contributed by atoms with Crippen LogP contribution in [0.15, 0.2) is 4.99 Å². The number of hydrogen-bond acceptors (Lipinski definition) is 3. The van der Waals surface area contributed by atoms with Crippen LogP contribution in [0.2, 0.25) is 12.1 Å². The van der Waals surface area contributed by atoms with Crippen molar-refractivity contribution in [2.24, 2.45) is 4.99 Å². The predicted molar refractivity (Wildman–Crippen MR) is 68.1 cm³/mol. The molecular formula is C10H21ClN2OSi. The molecule has 3 nitrogen and oxygen atoms in total. The highest BCUT2D eigenvalue weighted by Crippen LogP contribution is 2.23. The molecule has 0 aromatic rings. The van der Waals surface area contributed by atoms with E-state index in [9.17, 15) is 0 Å². The Bertz CT molecular complexity index is 216. The summed E-state index contributed by atoms with van der Waals surface area (Å²) in [6, 6.07) is 2.04. The highest BCUT2D eigenvalue weighted by atomic mass is 35.6. The van der Waals surface area contributed by atoms with Gasteiger partial charge in [0.15, 0.2) is 0 Å². The summed E-state index contributed by atoms with van der Waals surface area (Å²) in [5, 5.41) is 0. The number of hydrogen-bond donors (Lipinski definition) is 0.